The summed E-state index contributed by atoms with van der Waals surface area (Å²) in [7, 11) is 0. The number of imidazole rings is 1. The fourth-order valence-corrected chi connectivity index (χ4v) is 4.89. The molecule has 0 unspecified atom stereocenters. The highest BCUT2D eigenvalue weighted by molar-refractivity contribution is 5.97. The van der Waals surface area contributed by atoms with E-state index in [4.69, 9.17) is 0 Å². The normalized spacial score (nSPS) is 21.6. The third kappa shape index (κ3) is 2.73. The molecule has 0 saturated carbocycles. The van der Waals surface area contributed by atoms with Crippen molar-refractivity contribution >= 4 is 16.9 Å². The van der Waals surface area contributed by atoms with Gasteiger partial charge in [0.1, 0.15) is 0 Å². The van der Waals surface area contributed by atoms with Crippen LogP contribution in [-0.4, -0.2) is 38.5 Å². The van der Waals surface area contributed by atoms with E-state index in [2.05, 4.69) is 27.0 Å². The summed E-state index contributed by atoms with van der Waals surface area (Å²) in [6.07, 6.45) is 4.64. The second kappa shape index (κ2) is 6.17. The zero-order valence-electron chi connectivity index (χ0n) is 16.3. The molecule has 2 atom stereocenters. The van der Waals surface area contributed by atoms with Crippen molar-refractivity contribution in [3.63, 3.8) is 0 Å². The van der Waals surface area contributed by atoms with Crippen LogP contribution in [0.5, 0.6) is 0 Å². The molecule has 3 aromatic rings. The van der Waals surface area contributed by atoms with Crippen molar-refractivity contribution in [3.05, 3.63) is 65.0 Å². The van der Waals surface area contributed by atoms with Crippen LogP contribution in [0.15, 0.2) is 42.7 Å². The summed E-state index contributed by atoms with van der Waals surface area (Å²) in [6.45, 7) is 4.44. The number of amides is 1. The van der Waals surface area contributed by atoms with E-state index in [1.165, 1.54) is 11.1 Å². The van der Waals surface area contributed by atoms with E-state index in [9.17, 15) is 9.90 Å². The number of aliphatic hydroxyl groups is 1. The average Bonchev–Trinajstić information content (AvgIpc) is 3.29. The Bertz CT molecular complexity index is 1060. The molecule has 1 aromatic heterocycles. The van der Waals surface area contributed by atoms with Gasteiger partial charge >= 0.3 is 0 Å². The molecule has 144 valence electrons. The molecular formula is C23H25N3O2. The summed E-state index contributed by atoms with van der Waals surface area (Å²) in [5, 5.41) is 10.4. The number of nitrogens with zero attached hydrogens (tertiary/aromatic N) is 2. The van der Waals surface area contributed by atoms with Crippen molar-refractivity contribution in [3.8, 4) is 0 Å². The highest BCUT2D eigenvalue weighted by Crippen LogP contribution is 2.43. The fraction of sp³-hybridized carbons (Fsp3) is 0.391. The van der Waals surface area contributed by atoms with Crippen molar-refractivity contribution in [2.45, 2.75) is 50.7 Å². The number of nitrogens with one attached hydrogen (secondary N) is 1. The van der Waals surface area contributed by atoms with Crippen LogP contribution in [0.25, 0.3) is 11.0 Å². The van der Waals surface area contributed by atoms with E-state index in [1.54, 1.807) is 6.33 Å². The number of rotatable bonds is 2. The van der Waals surface area contributed by atoms with E-state index >= 15 is 0 Å². The van der Waals surface area contributed by atoms with Gasteiger partial charge in [0.15, 0.2) is 0 Å². The minimum absolute atomic E-state index is 0.0927. The van der Waals surface area contributed by atoms with Crippen molar-refractivity contribution in [2.75, 3.05) is 6.54 Å². The van der Waals surface area contributed by atoms with Crippen LogP contribution in [0, 0.1) is 0 Å². The molecule has 5 nitrogen and oxygen atoms in total. The molecule has 2 aliphatic rings. The number of hydrogen-bond donors (Lipinski definition) is 2. The van der Waals surface area contributed by atoms with Crippen molar-refractivity contribution in [1.29, 1.82) is 0 Å². The number of likely N-dealkylation sites (tertiary alicyclic amines) is 1. The first-order valence-electron chi connectivity index (χ1n) is 10.0. The molecule has 0 spiro atoms. The predicted octanol–water partition coefficient (Wildman–Crippen LogP) is 3.73. The van der Waals surface area contributed by atoms with Gasteiger partial charge in [0.2, 0.25) is 0 Å². The first-order chi connectivity index (χ1) is 13.4. The first-order valence-corrected chi connectivity index (χ1v) is 10.0. The van der Waals surface area contributed by atoms with Crippen LogP contribution in [0.4, 0.5) is 0 Å². The number of carbonyl (C=O) groups excluding carboxylic acids is 1. The smallest absolute Gasteiger partial charge is 0.254 e. The molecule has 2 N–H and O–H groups in total. The summed E-state index contributed by atoms with van der Waals surface area (Å²) < 4.78 is 0. The first kappa shape index (κ1) is 17.4. The maximum Gasteiger partial charge on any atom is 0.254 e. The summed E-state index contributed by atoms with van der Waals surface area (Å²) in [4.78, 5) is 22.8. The van der Waals surface area contributed by atoms with Crippen LogP contribution in [-0.2, 0) is 12.0 Å². The number of hydrogen-bond acceptors (Lipinski definition) is 3. The molecule has 0 bridgehead atoms. The Morgan fingerprint density at radius 2 is 2.11 bits per heavy atom. The zero-order chi connectivity index (χ0) is 19.5. The molecule has 2 heterocycles. The van der Waals surface area contributed by atoms with Crippen molar-refractivity contribution in [2.24, 2.45) is 0 Å². The topological polar surface area (TPSA) is 69.2 Å². The number of piperidine rings is 1. The Kier molecular flexibility index (Phi) is 3.85. The van der Waals surface area contributed by atoms with Crippen LogP contribution in [0.1, 0.15) is 59.7 Å². The lowest BCUT2D eigenvalue weighted by Crippen LogP contribution is -2.46. The third-order valence-electron chi connectivity index (χ3n) is 6.39. The van der Waals surface area contributed by atoms with Gasteiger partial charge in [-0.05, 0) is 68.0 Å². The largest absolute Gasteiger partial charge is 0.386 e. The highest BCUT2D eigenvalue weighted by atomic mass is 16.3. The lowest BCUT2D eigenvalue weighted by Gasteiger charge is -2.38. The molecule has 0 radical (unpaired) electrons. The molecular weight excluding hydrogens is 350 g/mol. The quantitative estimate of drug-likeness (QED) is 0.717. The Morgan fingerprint density at radius 3 is 2.93 bits per heavy atom. The minimum Gasteiger partial charge on any atom is -0.386 e. The molecule has 5 rings (SSSR count). The number of benzene rings is 2. The van der Waals surface area contributed by atoms with Gasteiger partial charge in [0.05, 0.1) is 23.0 Å². The Hall–Kier alpha value is -2.66. The van der Waals surface area contributed by atoms with E-state index in [-0.39, 0.29) is 11.9 Å². The average molecular weight is 375 g/mol. The molecule has 1 amide bonds. The summed E-state index contributed by atoms with van der Waals surface area (Å²) in [6, 6.07) is 12.2. The van der Waals surface area contributed by atoms with Gasteiger partial charge in [-0.25, -0.2) is 4.98 Å². The summed E-state index contributed by atoms with van der Waals surface area (Å²) in [5.41, 5.74) is 5.18. The summed E-state index contributed by atoms with van der Waals surface area (Å²) >= 11 is 0. The van der Waals surface area contributed by atoms with Gasteiger partial charge in [-0.15, -0.1) is 0 Å². The van der Waals surface area contributed by atoms with Gasteiger partial charge in [0.25, 0.3) is 5.91 Å². The monoisotopic (exact) mass is 375 g/mol. The SMILES string of the molecule is CC(C)(O)c1ccc2c(c1)[C@@H]1CCCN(C(=O)c3ccc4[nH]cnc4c3)[C@@H]1C2. The number of H-pyrrole nitrogens is 1. The highest BCUT2D eigenvalue weighted by Gasteiger charge is 2.41. The van der Waals surface area contributed by atoms with E-state index < -0.39 is 5.60 Å². The van der Waals surface area contributed by atoms with Crippen LogP contribution < -0.4 is 0 Å². The molecule has 1 saturated heterocycles. The van der Waals surface area contributed by atoms with Gasteiger partial charge < -0.3 is 15.0 Å². The summed E-state index contributed by atoms with van der Waals surface area (Å²) in [5.74, 6) is 0.444. The molecule has 1 aliphatic carbocycles. The second-order valence-corrected chi connectivity index (χ2v) is 8.63. The number of aromatic amines is 1. The predicted molar refractivity (Wildman–Crippen MR) is 108 cm³/mol. The standard InChI is InChI=1S/C23H25N3O2/c1-23(2,28)16-7-5-14-11-21-17(18(14)12-16)4-3-9-26(21)22(27)15-6-8-19-20(10-15)25-13-24-19/h5-8,10,12-13,17,21,28H,3-4,9,11H2,1-2H3,(H,24,25)/t17-,21+/m0/s1. The van der Waals surface area contributed by atoms with Crippen LogP contribution in [0.2, 0.25) is 0 Å². The van der Waals surface area contributed by atoms with Crippen LogP contribution in [0.3, 0.4) is 0 Å². The molecule has 1 fully saturated rings. The maximum atomic E-state index is 13.3. The van der Waals surface area contributed by atoms with Gasteiger partial charge in [-0.2, -0.15) is 0 Å². The third-order valence-corrected chi connectivity index (χ3v) is 6.39. The van der Waals surface area contributed by atoms with Gasteiger partial charge in [-0.3, -0.25) is 4.79 Å². The van der Waals surface area contributed by atoms with Gasteiger partial charge in [0, 0.05) is 24.1 Å². The Balaban J connectivity index is 1.47. The maximum absolute atomic E-state index is 13.3. The van der Waals surface area contributed by atoms with Crippen molar-refractivity contribution in [1.82, 2.24) is 14.9 Å². The van der Waals surface area contributed by atoms with E-state index in [0.717, 1.165) is 42.4 Å². The molecule has 2 aromatic carbocycles. The van der Waals surface area contributed by atoms with Crippen LogP contribution >= 0.6 is 0 Å². The minimum atomic E-state index is -0.851. The fourth-order valence-electron chi connectivity index (χ4n) is 4.89. The number of carbonyl (C=O) groups is 1. The lowest BCUT2D eigenvalue weighted by atomic mass is 9.86. The van der Waals surface area contributed by atoms with Crippen molar-refractivity contribution < 1.29 is 9.90 Å². The van der Waals surface area contributed by atoms with E-state index in [0.29, 0.717) is 11.5 Å². The second-order valence-electron chi connectivity index (χ2n) is 8.63. The zero-order valence-corrected chi connectivity index (χ0v) is 16.3. The molecule has 28 heavy (non-hydrogen) atoms. The number of aromatic nitrogens is 2. The lowest BCUT2D eigenvalue weighted by molar-refractivity contribution is 0.0594. The van der Waals surface area contributed by atoms with Gasteiger partial charge in [-0.1, -0.05) is 18.2 Å². The molecule has 1 aliphatic heterocycles. The number of fused-ring (bicyclic) bond motifs is 4. The Morgan fingerprint density at radius 1 is 1.25 bits per heavy atom. The van der Waals surface area contributed by atoms with E-state index in [1.807, 2.05) is 38.1 Å². The Labute approximate surface area is 164 Å². The molecule has 5 heteroatoms.